The van der Waals surface area contributed by atoms with Gasteiger partial charge in [-0.1, -0.05) is 0 Å². The fourth-order valence-corrected chi connectivity index (χ4v) is 8.42. The Labute approximate surface area is 298 Å². The minimum Gasteiger partial charge on any atom is -0.427 e. The van der Waals surface area contributed by atoms with Crippen LogP contribution in [0.1, 0.15) is 38.5 Å². The van der Waals surface area contributed by atoms with Crippen LogP contribution in [0.5, 0.6) is 0 Å². The maximum Gasteiger partial charge on any atom is 0.187 e. The van der Waals surface area contributed by atoms with Crippen LogP contribution in [0.3, 0.4) is 0 Å². The van der Waals surface area contributed by atoms with Crippen molar-refractivity contribution in [1.82, 2.24) is 0 Å². The van der Waals surface area contributed by atoms with Gasteiger partial charge in [0.25, 0.3) is 0 Å². The average Bonchev–Trinajstić information content (AvgIpc) is 3.11. The zero-order valence-corrected chi connectivity index (χ0v) is 28.4. The third-order valence-corrected chi connectivity index (χ3v) is 11.5. The number of aliphatic hydroxyl groups excluding tert-OH is 13. The van der Waals surface area contributed by atoms with E-state index in [-0.39, 0.29) is 31.6 Å². The Morgan fingerprint density at radius 2 is 1.27 bits per heavy atom. The highest BCUT2D eigenvalue weighted by Crippen LogP contribution is 2.42. The number of aliphatic hydroxyl groups is 15. The van der Waals surface area contributed by atoms with Crippen molar-refractivity contribution in [3.63, 3.8) is 0 Å². The first-order chi connectivity index (χ1) is 24.7. The van der Waals surface area contributed by atoms with Crippen LogP contribution in [0, 0.1) is 11.8 Å². The molecule has 0 radical (unpaired) electrons. The number of fused-ring (bicyclic) bond motifs is 1. The smallest absolute Gasteiger partial charge is 0.187 e. The van der Waals surface area contributed by atoms with Crippen molar-refractivity contribution in [3.05, 3.63) is 0 Å². The molecule has 302 valence electrons. The quantitative estimate of drug-likeness (QED) is 0.0971. The lowest BCUT2D eigenvalue weighted by atomic mass is 9.72. The Morgan fingerprint density at radius 3 is 1.98 bits per heavy atom. The van der Waals surface area contributed by atoms with E-state index in [0.29, 0.717) is 12.8 Å². The standard InChI is InChI=1S/C32H54O20/c33-7-19-22(40)24(42)27(45)30(50-19)47-9-20-23(41)25(43)29(52-31-26(44)21(39)16(38)8-46-31)32(51-20)49-18-6-12-14(36)4-11(34)5-17(12)48-28(18)10-1-2-13(35)15(37)3-10/h10-45H,1-9H2/p+1. The molecule has 0 aromatic carbocycles. The average molecular weight is 760 g/mol. The fourth-order valence-electron chi connectivity index (χ4n) is 8.42. The first kappa shape index (κ1) is 40.9. The van der Waals surface area contributed by atoms with Crippen LogP contribution in [-0.2, 0) is 28.4 Å². The fraction of sp³-hybridized carbons (Fsp3) is 1.00. The molecule has 6 aliphatic rings. The van der Waals surface area contributed by atoms with Crippen molar-refractivity contribution < 1.29 is 99.5 Å². The maximum absolute atomic E-state index is 11.4. The van der Waals surface area contributed by atoms with Crippen molar-refractivity contribution in [2.45, 2.75) is 167 Å². The predicted octanol–water partition coefficient (Wildman–Crippen LogP) is -7.22. The molecule has 23 atom stereocenters. The monoisotopic (exact) mass is 759 g/mol. The van der Waals surface area contributed by atoms with Crippen LogP contribution < -0.4 is 0 Å². The predicted molar refractivity (Wildman–Crippen MR) is 166 cm³/mol. The van der Waals surface area contributed by atoms with Gasteiger partial charge in [-0.2, -0.15) is 0 Å². The highest BCUT2D eigenvalue weighted by molar-refractivity contribution is 4.99. The zero-order chi connectivity index (χ0) is 37.6. The van der Waals surface area contributed by atoms with Gasteiger partial charge in [-0.3, -0.25) is 0 Å². The van der Waals surface area contributed by atoms with Gasteiger partial charge in [0, 0.05) is 18.8 Å². The topological polar surface area (TPSA) is 331 Å². The molecule has 2 saturated carbocycles. The van der Waals surface area contributed by atoms with Crippen LogP contribution in [0.4, 0.5) is 0 Å². The molecule has 6 rings (SSSR count). The van der Waals surface area contributed by atoms with Gasteiger partial charge in [-0.25, -0.2) is 0 Å². The van der Waals surface area contributed by atoms with E-state index >= 15 is 0 Å². The number of hydrogen-bond donors (Lipinski definition) is 13. The summed E-state index contributed by atoms with van der Waals surface area (Å²) >= 11 is 0. The summed E-state index contributed by atoms with van der Waals surface area (Å²) in [6.45, 7) is -1.77. The number of hydrogen-bond acceptors (Lipinski definition) is 19. The third kappa shape index (κ3) is 8.47. The summed E-state index contributed by atoms with van der Waals surface area (Å²) in [5, 5.41) is 136. The largest absolute Gasteiger partial charge is 0.427 e. The summed E-state index contributed by atoms with van der Waals surface area (Å²) in [5.41, 5.74) is 0. The van der Waals surface area contributed by atoms with Gasteiger partial charge in [0.05, 0.1) is 50.2 Å². The molecule has 6 fully saturated rings. The second-order valence-corrected chi connectivity index (χ2v) is 15.1. The van der Waals surface area contributed by atoms with Crippen LogP contribution in [0.25, 0.3) is 0 Å². The molecule has 0 amide bonds. The summed E-state index contributed by atoms with van der Waals surface area (Å²) < 4.78 is 39.9. The molecular weight excluding hydrogens is 704 g/mol. The molecule has 4 aliphatic heterocycles. The molecule has 0 aromatic rings. The lowest BCUT2D eigenvalue weighted by molar-refractivity contribution is -0.385. The summed E-state index contributed by atoms with van der Waals surface area (Å²) in [4.78, 5) is 0. The second-order valence-electron chi connectivity index (χ2n) is 15.1. The van der Waals surface area contributed by atoms with Crippen molar-refractivity contribution in [2.24, 2.45) is 11.8 Å². The molecule has 52 heavy (non-hydrogen) atoms. The van der Waals surface area contributed by atoms with Crippen LogP contribution in [-0.4, -0.2) is 220 Å². The zero-order valence-electron chi connectivity index (χ0n) is 28.4. The van der Waals surface area contributed by atoms with E-state index < -0.39 is 154 Å². The molecule has 4 heterocycles. The van der Waals surface area contributed by atoms with E-state index in [9.17, 15) is 66.4 Å². The van der Waals surface area contributed by atoms with E-state index in [4.69, 9.17) is 33.2 Å². The van der Waals surface area contributed by atoms with Gasteiger partial charge < -0.3 is 99.5 Å². The van der Waals surface area contributed by atoms with Gasteiger partial charge in [-0.05, 0) is 25.7 Å². The molecule has 20 nitrogen and oxygen atoms in total. The Bertz CT molecular complexity index is 1140. The Hall–Kier alpha value is -0.800. The molecule has 23 unspecified atom stereocenters. The van der Waals surface area contributed by atoms with E-state index in [2.05, 4.69) is 0 Å². The molecular formula is C32H55O20+. The van der Waals surface area contributed by atoms with Crippen LogP contribution in [0.2, 0.25) is 0 Å². The highest BCUT2D eigenvalue weighted by Gasteiger charge is 2.56. The summed E-state index contributed by atoms with van der Waals surface area (Å²) in [7, 11) is 0. The van der Waals surface area contributed by atoms with E-state index in [1.54, 1.807) is 0 Å². The molecule has 20 heteroatoms. The summed E-state index contributed by atoms with van der Waals surface area (Å²) in [6, 6.07) is 0. The van der Waals surface area contributed by atoms with Crippen LogP contribution in [0.15, 0.2) is 0 Å². The first-order valence-electron chi connectivity index (χ1n) is 18.0. The Balaban J connectivity index is 1.25. The van der Waals surface area contributed by atoms with Gasteiger partial charge in [0.1, 0.15) is 73.2 Å². The minimum absolute atomic E-state index is 0.113. The molecule has 14 N–H and O–H groups in total. The highest BCUT2D eigenvalue weighted by atomic mass is 16.8. The molecule has 4 saturated heterocycles. The molecule has 0 spiro atoms. The van der Waals surface area contributed by atoms with E-state index in [0.717, 1.165) is 0 Å². The van der Waals surface area contributed by atoms with Crippen molar-refractivity contribution in [2.75, 3.05) is 19.8 Å². The van der Waals surface area contributed by atoms with Gasteiger partial charge in [0.2, 0.25) is 0 Å². The second kappa shape index (κ2) is 17.1. The summed E-state index contributed by atoms with van der Waals surface area (Å²) in [5.74, 6) is -0.767. The normalized spacial score (nSPS) is 54.8. The maximum atomic E-state index is 11.4. The molecule has 2 aliphatic carbocycles. The van der Waals surface area contributed by atoms with Gasteiger partial charge in [-0.15, -0.1) is 0 Å². The number of rotatable bonds is 9. The Kier molecular flexibility index (Phi) is 13.5. The van der Waals surface area contributed by atoms with Crippen LogP contribution >= 0.6 is 0 Å². The Morgan fingerprint density at radius 1 is 0.577 bits per heavy atom. The SMILES string of the molecule is OCC1OC(OCC2OC(OC3CC4C(O)CC(O)CC4[OH+]C3C3CCC(O)C(O)C3)C(OC3OCC(O)C(O)C3O)C(O)C2O)C(O)C(O)C1O. The third-order valence-electron chi connectivity index (χ3n) is 11.5. The van der Waals surface area contributed by atoms with Crippen molar-refractivity contribution >= 4 is 0 Å². The van der Waals surface area contributed by atoms with Crippen molar-refractivity contribution in [3.8, 4) is 0 Å². The first-order valence-corrected chi connectivity index (χ1v) is 18.0. The van der Waals surface area contributed by atoms with E-state index in [1.165, 1.54) is 0 Å². The van der Waals surface area contributed by atoms with E-state index in [1.807, 2.05) is 0 Å². The molecule has 0 bridgehead atoms. The minimum atomic E-state index is -1.85. The molecule has 0 aromatic heterocycles. The lowest BCUT2D eigenvalue weighted by Crippen LogP contribution is -2.65. The summed E-state index contributed by atoms with van der Waals surface area (Å²) in [6.07, 6.45) is -27.1. The number of ether oxygens (including phenoxy) is 7. The van der Waals surface area contributed by atoms with Gasteiger partial charge in [0.15, 0.2) is 31.1 Å². The lowest BCUT2D eigenvalue weighted by Gasteiger charge is -2.49. The van der Waals surface area contributed by atoms with Crippen molar-refractivity contribution in [1.29, 1.82) is 0 Å². The van der Waals surface area contributed by atoms with Gasteiger partial charge >= 0.3 is 0 Å².